The summed E-state index contributed by atoms with van der Waals surface area (Å²) < 4.78 is 5.47. The van der Waals surface area contributed by atoms with Crippen LogP contribution in [0.1, 0.15) is 47.1 Å². The second-order valence-corrected chi connectivity index (χ2v) is 10.8. The molecule has 37 heavy (non-hydrogen) atoms. The topological polar surface area (TPSA) is 144 Å². The summed E-state index contributed by atoms with van der Waals surface area (Å²) >= 11 is 0. The molecule has 0 spiro atoms. The molecule has 1 aliphatic rings. The van der Waals surface area contributed by atoms with Gasteiger partial charge in [0.2, 0.25) is 5.91 Å². The smallest absolute Gasteiger partial charge is 0.440 e. The number of nitrogens with zero attached hydrogens (tertiary/aromatic N) is 3. The van der Waals surface area contributed by atoms with Gasteiger partial charge in [-0.15, -0.1) is 5.06 Å². The van der Waals surface area contributed by atoms with Crippen LogP contribution >= 0.6 is 0 Å². The Morgan fingerprint density at radius 1 is 1.03 bits per heavy atom. The van der Waals surface area contributed by atoms with Gasteiger partial charge in [0, 0.05) is 17.8 Å². The van der Waals surface area contributed by atoms with Crippen LogP contribution in [0.4, 0.5) is 16.3 Å². The molecule has 2 aromatic rings. The Labute approximate surface area is 215 Å². The van der Waals surface area contributed by atoms with Gasteiger partial charge in [-0.2, -0.15) is 0 Å². The molecule has 3 atom stereocenters. The average molecular weight is 514 g/mol. The van der Waals surface area contributed by atoms with Gasteiger partial charge in [0.1, 0.15) is 11.6 Å². The number of ether oxygens (including phenoxy) is 1. The van der Waals surface area contributed by atoms with Crippen molar-refractivity contribution in [3.05, 3.63) is 59.4 Å². The summed E-state index contributed by atoms with van der Waals surface area (Å²) in [6, 6.07) is 9.19. The fourth-order valence-corrected chi connectivity index (χ4v) is 3.80. The maximum Gasteiger partial charge on any atom is 0.440 e. The minimum Gasteiger partial charge on any atom is -0.752 e. The molecule has 2 N–H and O–H groups in total. The van der Waals surface area contributed by atoms with E-state index in [0.29, 0.717) is 5.56 Å². The molecule has 0 aliphatic carbocycles. The number of amides is 2. The predicted octanol–water partition coefficient (Wildman–Crippen LogP) is 3.67. The van der Waals surface area contributed by atoms with Gasteiger partial charge in [-0.25, -0.2) is 9.78 Å². The number of carboxylic acid groups (broad SMARTS) is 1. The van der Waals surface area contributed by atoms with E-state index in [1.165, 1.54) is 18.3 Å². The maximum absolute atomic E-state index is 12.9. The molecule has 11 heteroatoms. The highest BCUT2D eigenvalue weighted by Gasteiger charge is 2.49. The van der Waals surface area contributed by atoms with Gasteiger partial charge in [-0.05, 0) is 77.8 Å². The number of carboxylic acids is 1. The second-order valence-electron chi connectivity index (χ2n) is 10.8. The molecular weight excluding hydrogens is 480 g/mol. The highest BCUT2D eigenvalue weighted by Crippen LogP contribution is 2.30. The van der Waals surface area contributed by atoms with E-state index in [2.05, 4.69) is 10.3 Å². The van der Waals surface area contributed by atoms with Gasteiger partial charge in [0.05, 0.1) is 11.6 Å². The van der Waals surface area contributed by atoms with Crippen molar-refractivity contribution in [3.8, 4) is 0 Å². The molecular formula is C26H33N4O7-. The fourth-order valence-electron chi connectivity index (χ4n) is 3.80. The maximum atomic E-state index is 12.9. The van der Waals surface area contributed by atoms with Crippen LogP contribution in [-0.4, -0.2) is 51.3 Å². The third-order valence-corrected chi connectivity index (χ3v) is 5.35. The summed E-state index contributed by atoms with van der Waals surface area (Å²) in [6.45, 7) is 10.5. The quantitative estimate of drug-likeness (QED) is 0.530. The molecule has 1 aromatic heterocycles. The minimum absolute atomic E-state index is 0.135. The van der Waals surface area contributed by atoms with Crippen molar-refractivity contribution in [2.75, 3.05) is 10.1 Å². The molecule has 0 radical (unpaired) electrons. The van der Waals surface area contributed by atoms with Crippen molar-refractivity contribution in [2.45, 2.75) is 71.2 Å². The van der Waals surface area contributed by atoms with Crippen molar-refractivity contribution in [3.63, 3.8) is 0 Å². The number of benzene rings is 1. The number of aromatic nitrogens is 1. The van der Waals surface area contributed by atoms with E-state index >= 15 is 0 Å². The summed E-state index contributed by atoms with van der Waals surface area (Å²) in [7, 11) is 0. The van der Waals surface area contributed by atoms with Crippen LogP contribution in [0.5, 0.6) is 0 Å². The molecule has 2 amide bonds. The number of aliphatic carboxylic acids is 1. The van der Waals surface area contributed by atoms with Crippen LogP contribution in [0.15, 0.2) is 48.7 Å². The van der Waals surface area contributed by atoms with Gasteiger partial charge >= 0.3 is 12.1 Å². The standard InChI is InChI=1S/C26H33N4O7/c1-25(2,3)36-24(34)30(37-26(4,5)6)19-15-16(12-13-27-19)14-18-20(28-21(18)23(32)33)22(31)29(35)17-10-8-7-9-11-17/h7-13,15,18,20-21,28H,14H2,1-6H3,(H,32,33)/q-1. The van der Waals surface area contributed by atoms with E-state index in [1.807, 2.05) is 0 Å². The molecule has 200 valence electrons. The lowest BCUT2D eigenvalue weighted by Crippen LogP contribution is -2.70. The monoisotopic (exact) mass is 513 g/mol. The van der Waals surface area contributed by atoms with Crippen LogP contribution < -0.4 is 15.4 Å². The average Bonchev–Trinajstić information content (AvgIpc) is 2.78. The third kappa shape index (κ3) is 7.25. The molecule has 2 heterocycles. The third-order valence-electron chi connectivity index (χ3n) is 5.35. The number of pyridine rings is 1. The Hall–Kier alpha value is -3.54. The Bertz CT molecular complexity index is 1130. The first-order valence-corrected chi connectivity index (χ1v) is 11.9. The summed E-state index contributed by atoms with van der Waals surface area (Å²) in [4.78, 5) is 47.6. The fraction of sp³-hybridized carbons (Fsp3) is 0.462. The first-order chi connectivity index (χ1) is 17.2. The first kappa shape index (κ1) is 28.0. The molecule has 1 aromatic carbocycles. The Morgan fingerprint density at radius 2 is 1.68 bits per heavy atom. The largest absolute Gasteiger partial charge is 0.752 e. The van der Waals surface area contributed by atoms with Gasteiger partial charge < -0.3 is 20.1 Å². The zero-order valence-electron chi connectivity index (χ0n) is 21.8. The number of carbonyl (C=O) groups is 3. The van der Waals surface area contributed by atoms with Crippen molar-refractivity contribution >= 4 is 29.5 Å². The highest BCUT2D eigenvalue weighted by atomic mass is 16.7. The Balaban J connectivity index is 1.85. The minimum atomic E-state index is -1.13. The number of hydroxylamine groups is 2. The van der Waals surface area contributed by atoms with E-state index in [1.54, 1.807) is 71.9 Å². The number of rotatable bonds is 7. The van der Waals surface area contributed by atoms with Gasteiger partial charge in [-0.1, -0.05) is 18.2 Å². The van der Waals surface area contributed by atoms with E-state index < -0.39 is 47.2 Å². The molecule has 11 nitrogen and oxygen atoms in total. The predicted molar refractivity (Wildman–Crippen MR) is 137 cm³/mol. The van der Waals surface area contributed by atoms with Crippen LogP contribution in [-0.2, 0) is 25.6 Å². The zero-order valence-corrected chi connectivity index (χ0v) is 21.8. The van der Waals surface area contributed by atoms with Crippen molar-refractivity contribution in [1.82, 2.24) is 10.3 Å². The van der Waals surface area contributed by atoms with Gasteiger partial charge in [0.15, 0.2) is 5.82 Å². The number of hydrogen-bond donors (Lipinski definition) is 2. The molecule has 1 fully saturated rings. The van der Waals surface area contributed by atoms with Crippen molar-refractivity contribution in [1.29, 1.82) is 0 Å². The van der Waals surface area contributed by atoms with E-state index in [-0.39, 0.29) is 23.0 Å². The Kier molecular flexibility index (Phi) is 8.21. The number of anilines is 2. The van der Waals surface area contributed by atoms with E-state index in [0.717, 1.165) is 5.06 Å². The van der Waals surface area contributed by atoms with Crippen LogP contribution in [0.3, 0.4) is 0 Å². The normalized spacial score (nSPS) is 19.5. The lowest BCUT2D eigenvalue weighted by Gasteiger charge is -2.46. The lowest BCUT2D eigenvalue weighted by atomic mass is 9.77. The molecule has 1 saturated heterocycles. The van der Waals surface area contributed by atoms with Crippen molar-refractivity contribution in [2.24, 2.45) is 5.92 Å². The van der Waals surface area contributed by atoms with Crippen molar-refractivity contribution < 1.29 is 29.1 Å². The lowest BCUT2D eigenvalue weighted by molar-refractivity contribution is -0.147. The number of para-hydroxylation sites is 1. The molecule has 1 aliphatic heterocycles. The molecule has 3 unspecified atom stereocenters. The molecule has 0 bridgehead atoms. The Morgan fingerprint density at radius 3 is 2.24 bits per heavy atom. The van der Waals surface area contributed by atoms with E-state index in [4.69, 9.17) is 9.57 Å². The summed E-state index contributed by atoms with van der Waals surface area (Å²) in [5, 5.41) is 26.2. The number of carbonyl (C=O) groups excluding carboxylic acids is 2. The summed E-state index contributed by atoms with van der Waals surface area (Å²) in [5.41, 5.74) is -0.779. The second kappa shape index (κ2) is 10.8. The van der Waals surface area contributed by atoms with Gasteiger partial charge in [0.25, 0.3) is 0 Å². The SMILES string of the molecule is CC(C)(C)OC(=O)N(OC(C)(C)C)c1cc(CC2C(C(=O)O)NC2C(=O)N([O-])c2ccccc2)ccn1. The molecule has 3 rings (SSSR count). The highest BCUT2D eigenvalue weighted by molar-refractivity contribution is 6.00. The van der Waals surface area contributed by atoms with Crippen LogP contribution in [0, 0.1) is 11.1 Å². The molecule has 0 saturated carbocycles. The number of nitrogens with one attached hydrogen (secondary N) is 1. The summed E-state index contributed by atoms with van der Waals surface area (Å²) in [5.74, 6) is -2.49. The van der Waals surface area contributed by atoms with Crippen LogP contribution in [0.2, 0.25) is 0 Å². The number of hydrogen-bond acceptors (Lipinski definition) is 8. The van der Waals surface area contributed by atoms with Gasteiger partial charge in [-0.3, -0.25) is 19.7 Å². The van der Waals surface area contributed by atoms with E-state index in [9.17, 15) is 24.7 Å². The zero-order chi connectivity index (χ0) is 27.5. The summed E-state index contributed by atoms with van der Waals surface area (Å²) in [6.07, 6.45) is 0.825. The van der Waals surface area contributed by atoms with Crippen LogP contribution in [0.25, 0.3) is 0 Å². The first-order valence-electron chi connectivity index (χ1n) is 11.9.